The molecule has 0 saturated carbocycles. The first-order valence-corrected chi connectivity index (χ1v) is 10.1. The number of carbonyl (C=O) groups is 1. The Morgan fingerprint density at radius 1 is 1.12 bits per heavy atom. The molecule has 1 amide bonds. The molecule has 2 aromatic rings. The van der Waals surface area contributed by atoms with Gasteiger partial charge in [-0.25, -0.2) is 12.8 Å². The van der Waals surface area contributed by atoms with Crippen LogP contribution in [-0.4, -0.2) is 38.0 Å². The molecule has 0 aliphatic heterocycles. The van der Waals surface area contributed by atoms with E-state index in [2.05, 4.69) is 5.32 Å². The number of hydrogen-bond donors (Lipinski definition) is 1. The third kappa shape index (κ3) is 5.37. The number of aryl methyl sites for hydroxylation is 2. The minimum Gasteiger partial charge on any atom is -0.351 e. The number of rotatable bonds is 7. The third-order valence-corrected chi connectivity index (χ3v) is 5.44. The molecule has 0 aliphatic carbocycles. The Balaban J connectivity index is 2.00. The fourth-order valence-electron chi connectivity index (χ4n) is 2.46. The van der Waals surface area contributed by atoms with E-state index in [1.54, 1.807) is 30.3 Å². The fourth-order valence-corrected chi connectivity index (χ4v) is 3.25. The lowest BCUT2D eigenvalue weighted by atomic mass is 10.1. The van der Waals surface area contributed by atoms with Gasteiger partial charge in [-0.05, 0) is 43.2 Å². The van der Waals surface area contributed by atoms with Crippen molar-refractivity contribution in [1.82, 2.24) is 9.62 Å². The first-order valence-electron chi connectivity index (χ1n) is 8.22. The molecule has 5 nitrogen and oxygen atoms in total. The van der Waals surface area contributed by atoms with Gasteiger partial charge in [-0.15, -0.1) is 0 Å². The lowest BCUT2D eigenvalue weighted by Gasteiger charge is -2.20. The summed E-state index contributed by atoms with van der Waals surface area (Å²) in [5.41, 5.74) is 2.91. The van der Waals surface area contributed by atoms with E-state index < -0.39 is 15.8 Å². The molecule has 0 bridgehead atoms. The zero-order valence-electron chi connectivity index (χ0n) is 15.1. The number of halogens is 1. The van der Waals surface area contributed by atoms with Crippen molar-refractivity contribution in [2.75, 3.05) is 19.3 Å². The average Bonchev–Trinajstić information content (AvgIpc) is 2.57. The van der Waals surface area contributed by atoms with Gasteiger partial charge in [-0.2, -0.15) is 4.31 Å². The van der Waals surface area contributed by atoms with E-state index in [4.69, 9.17) is 0 Å². The first kappa shape index (κ1) is 20.1. The number of benzene rings is 2. The van der Waals surface area contributed by atoms with Crippen LogP contribution in [0.2, 0.25) is 0 Å². The van der Waals surface area contributed by atoms with Crippen molar-refractivity contribution in [1.29, 1.82) is 0 Å². The quantitative estimate of drug-likeness (QED) is 0.805. The van der Waals surface area contributed by atoms with E-state index in [0.717, 1.165) is 21.7 Å². The topological polar surface area (TPSA) is 66.5 Å². The minimum absolute atomic E-state index is 0.0593. The number of amides is 1. The number of nitrogens with one attached hydrogen (secondary N) is 1. The van der Waals surface area contributed by atoms with E-state index >= 15 is 0 Å². The predicted octanol–water partition coefficient (Wildman–Crippen LogP) is 2.63. The van der Waals surface area contributed by atoms with E-state index in [9.17, 15) is 17.6 Å². The molecular formula is C19H23FN2O3S. The van der Waals surface area contributed by atoms with Gasteiger partial charge in [-0.1, -0.05) is 24.3 Å². The van der Waals surface area contributed by atoms with Gasteiger partial charge in [0.1, 0.15) is 5.82 Å². The Labute approximate surface area is 153 Å². The lowest BCUT2D eigenvalue weighted by Crippen LogP contribution is -2.37. The molecule has 0 unspecified atom stereocenters. The summed E-state index contributed by atoms with van der Waals surface area (Å²) in [6, 6.07) is 11.4. The molecule has 7 heteroatoms. The first-order chi connectivity index (χ1) is 12.2. The summed E-state index contributed by atoms with van der Waals surface area (Å²) in [7, 11) is -3.54. The van der Waals surface area contributed by atoms with Gasteiger partial charge >= 0.3 is 0 Å². The normalized spacial score (nSPS) is 11.6. The van der Waals surface area contributed by atoms with Crippen LogP contribution in [0.25, 0.3) is 0 Å². The molecule has 0 aromatic heterocycles. The van der Waals surface area contributed by atoms with Gasteiger partial charge in [0.2, 0.25) is 10.0 Å². The molecule has 2 rings (SSSR count). The second-order valence-electron chi connectivity index (χ2n) is 6.24. The van der Waals surface area contributed by atoms with Gasteiger partial charge in [0, 0.05) is 30.8 Å². The van der Waals surface area contributed by atoms with Gasteiger partial charge in [-0.3, -0.25) is 4.79 Å². The standard InChI is InChI=1S/C19H23FN2O3S/c1-14-8-9-16(12-15(14)2)19(23)21-10-11-22(26(3,24)25)13-17-6-4-5-7-18(17)20/h4-9,12H,10-11,13H2,1-3H3,(H,21,23). The molecular weight excluding hydrogens is 355 g/mol. The highest BCUT2D eigenvalue weighted by molar-refractivity contribution is 7.88. The fraction of sp³-hybridized carbons (Fsp3) is 0.316. The van der Waals surface area contributed by atoms with Crippen LogP contribution in [0.3, 0.4) is 0 Å². The SMILES string of the molecule is Cc1ccc(C(=O)NCCN(Cc2ccccc2F)S(C)(=O)=O)cc1C. The van der Waals surface area contributed by atoms with Crippen molar-refractivity contribution >= 4 is 15.9 Å². The minimum atomic E-state index is -3.54. The zero-order valence-corrected chi connectivity index (χ0v) is 15.9. The van der Waals surface area contributed by atoms with Crippen molar-refractivity contribution in [2.24, 2.45) is 0 Å². The maximum absolute atomic E-state index is 13.8. The Kier molecular flexibility index (Phi) is 6.50. The summed E-state index contributed by atoms with van der Waals surface area (Å²) >= 11 is 0. The smallest absolute Gasteiger partial charge is 0.251 e. The van der Waals surface area contributed by atoms with E-state index in [-0.39, 0.29) is 25.5 Å². The molecule has 0 fully saturated rings. The Bertz CT molecular complexity index is 897. The molecule has 2 aromatic carbocycles. The Hall–Kier alpha value is -2.25. The summed E-state index contributed by atoms with van der Waals surface area (Å²) in [6.07, 6.45) is 1.07. The second kappa shape index (κ2) is 8.42. The zero-order chi connectivity index (χ0) is 19.3. The van der Waals surface area contributed by atoms with Crippen LogP contribution in [0.4, 0.5) is 4.39 Å². The maximum Gasteiger partial charge on any atom is 0.251 e. The van der Waals surface area contributed by atoms with Crippen molar-refractivity contribution < 1.29 is 17.6 Å². The number of sulfonamides is 1. The maximum atomic E-state index is 13.8. The average molecular weight is 378 g/mol. The summed E-state index contributed by atoms with van der Waals surface area (Å²) in [6.45, 7) is 4.00. The largest absolute Gasteiger partial charge is 0.351 e. The van der Waals surface area contributed by atoms with Gasteiger partial charge in [0.05, 0.1) is 6.26 Å². The van der Waals surface area contributed by atoms with Crippen LogP contribution in [0.5, 0.6) is 0 Å². The highest BCUT2D eigenvalue weighted by Crippen LogP contribution is 2.12. The molecule has 1 N–H and O–H groups in total. The molecule has 26 heavy (non-hydrogen) atoms. The van der Waals surface area contributed by atoms with Crippen molar-refractivity contribution in [3.8, 4) is 0 Å². The van der Waals surface area contributed by atoms with E-state index in [1.165, 1.54) is 6.07 Å². The predicted molar refractivity (Wildman–Crippen MR) is 99.9 cm³/mol. The van der Waals surface area contributed by atoms with Crippen molar-refractivity contribution in [3.63, 3.8) is 0 Å². The van der Waals surface area contributed by atoms with Crippen LogP contribution in [0.15, 0.2) is 42.5 Å². The monoisotopic (exact) mass is 378 g/mol. The summed E-state index contributed by atoms with van der Waals surface area (Å²) < 4.78 is 38.9. The van der Waals surface area contributed by atoms with Gasteiger partial charge in [0.25, 0.3) is 5.91 Å². The van der Waals surface area contributed by atoms with Gasteiger partial charge < -0.3 is 5.32 Å². The highest BCUT2D eigenvalue weighted by Gasteiger charge is 2.18. The molecule has 0 heterocycles. The van der Waals surface area contributed by atoms with Crippen LogP contribution in [-0.2, 0) is 16.6 Å². The third-order valence-electron chi connectivity index (χ3n) is 4.19. The summed E-state index contributed by atoms with van der Waals surface area (Å²) in [4.78, 5) is 12.2. The van der Waals surface area contributed by atoms with Crippen LogP contribution < -0.4 is 5.32 Å². The lowest BCUT2D eigenvalue weighted by molar-refractivity contribution is 0.0951. The van der Waals surface area contributed by atoms with Crippen LogP contribution in [0, 0.1) is 19.7 Å². The molecule has 0 saturated heterocycles. The molecule has 0 spiro atoms. The molecule has 140 valence electrons. The Morgan fingerprint density at radius 2 is 1.81 bits per heavy atom. The Morgan fingerprint density at radius 3 is 2.42 bits per heavy atom. The summed E-state index contributed by atoms with van der Waals surface area (Å²) in [5.74, 6) is -0.729. The van der Waals surface area contributed by atoms with Crippen molar-refractivity contribution in [2.45, 2.75) is 20.4 Å². The summed E-state index contributed by atoms with van der Waals surface area (Å²) in [5, 5.41) is 2.71. The molecule has 0 atom stereocenters. The second-order valence-corrected chi connectivity index (χ2v) is 8.23. The number of hydrogen-bond acceptors (Lipinski definition) is 3. The molecule has 0 aliphatic rings. The van der Waals surface area contributed by atoms with E-state index in [1.807, 2.05) is 19.9 Å². The number of carbonyl (C=O) groups excluding carboxylic acids is 1. The van der Waals surface area contributed by atoms with E-state index in [0.29, 0.717) is 11.1 Å². The molecule has 0 radical (unpaired) electrons. The van der Waals surface area contributed by atoms with Crippen LogP contribution in [0.1, 0.15) is 27.0 Å². The van der Waals surface area contributed by atoms with Crippen molar-refractivity contribution in [3.05, 3.63) is 70.5 Å². The highest BCUT2D eigenvalue weighted by atomic mass is 32.2. The number of nitrogens with zero attached hydrogens (tertiary/aromatic N) is 1. The van der Waals surface area contributed by atoms with Gasteiger partial charge in [0.15, 0.2) is 0 Å². The van der Waals surface area contributed by atoms with Crippen LogP contribution >= 0.6 is 0 Å².